The molecule has 11 heteroatoms. The van der Waals surface area contributed by atoms with Gasteiger partial charge in [0.15, 0.2) is 5.82 Å². The van der Waals surface area contributed by atoms with E-state index in [2.05, 4.69) is 20.4 Å². The molecule has 2 saturated heterocycles. The molecular formula is C20H27N7O3S. The zero-order valence-electron chi connectivity index (χ0n) is 17.8. The average Bonchev–Trinajstić information content (AvgIpc) is 3.37. The molecule has 10 nitrogen and oxygen atoms in total. The smallest absolute Gasteiger partial charge is 0.229 e. The minimum Gasteiger partial charge on any atom is -0.364 e. The molecule has 3 aliphatic heterocycles. The number of carbonyl (C=O) groups excluding carboxylic acids is 1. The number of rotatable bonds is 4. The largest absolute Gasteiger partial charge is 0.364 e. The van der Waals surface area contributed by atoms with Gasteiger partial charge in [0.05, 0.1) is 16.5 Å². The van der Waals surface area contributed by atoms with Gasteiger partial charge in [0.1, 0.15) is 10.7 Å². The predicted molar refractivity (Wildman–Crippen MR) is 115 cm³/mol. The van der Waals surface area contributed by atoms with Crippen LogP contribution in [0, 0.1) is 6.92 Å². The average molecular weight is 446 g/mol. The van der Waals surface area contributed by atoms with Crippen LogP contribution in [0.25, 0.3) is 0 Å². The Balaban J connectivity index is 1.35. The molecule has 2 atom stereocenters. The van der Waals surface area contributed by atoms with Crippen molar-refractivity contribution in [2.75, 3.05) is 42.7 Å². The van der Waals surface area contributed by atoms with Crippen molar-refractivity contribution in [1.29, 1.82) is 0 Å². The highest BCUT2D eigenvalue weighted by atomic mass is 32.2. The Morgan fingerprint density at radius 3 is 2.65 bits per heavy atom. The second-order valence-corrected chi connectivity index (χ2v) is 10.1. The second kappa shape index (κ2) is 8.18. The summed E-state index contributed by atoms with van der Waals surface area (Å²) in [6.07, 6.45) is 3.75. The fraction of sp³-hybridized carbons (Fsp3) is 0.650. The number of nitrogens with zero attached hydrogens (tertiary/aromatic N) is 6. The number of piperidine rings is 2. The minimum atomic E-state index is -1.09. The summed E-state index contributed by atoms with van der Waals surface area (Å²) in [7, 11) is 0.734. The molecule has 1 unspecified atom stereocenters. The topological polar surface area (TPSA) is 117 Å². The number of aromatic nitrogens is 4. The van der Waals surface area contributed by atoms with Crippen molar-refractivity contribution in [3.8, 4) is 0 Å². The number of likely N-dealkylation sites (N-methyl/N-ethyl adjacent to an activating group) is 1. The highest BCUT2D eigenvalue weighted by Crippen LogP contribution is 2.33. The van der Waals surface area contributed by atoms with E-state index in [9.17, 15) is 9.00 Å². The number of amides is 1. The Morgan fingerprint density at radius 1 is 1.13 bits per heavy atom. The number of likely N-dealkylation sites (tertiary alicyclic amines) is 1. The van der Waals surface area contributed by atoms with Crippen molar-refractivity contribution in [3.05, 3.63) is 17.4 Å². The van der Waals surface area contributed by atoms with Crippen LogP contribution in [-0.4, -0.2) is 73.6 Å². The van der Waals surface area contributed by atoms with Gasteiger partial charge in [-0.15, -0.1) is 0 Å². The quantitative estimate of drug-likeness (QED) is 0.742. The van der Waals surface area contributed by atoms with E-state index in [1.165, 1.54) is 0 Å². The van der Waals surface area contributed by atoms with Gasteiger partial charge in [0.2, 0.25) is 17.7 Å². The summed E-state index contributed by atoms with van der Waals surface area (Å²) in [4.78, 5) is 30.5. The summed E-state index contributed by atoms with van der Waals surface area (Å²) in [6.45, 7) is 4.05. The Kier molecular flexibility index (Phi) is 5.37. The molecular weight excluding hydrogens is 418 g/mol. The van der Waals surface area contributed by atoms with Crippen molar-refractivity contribution < 1.29 is 13.5 Å². The molecule has 0 spiro atoms. The molecule has 0 aromatic carbocycles. The maximum absolute atomic E-state index is 12.6. The van der Waals surface area contributed by atoms with Crippen LogP contribution in [0.4, 0.5) is 11.8 Å². The number of hydrogen-bond acceptors (Lipinski definition) is 9. The highest BCUT2D eigenvalue weighted by molar-refractivity contribution is 7.85. The van der Waals surface area contributed by atoms with Gasteiger partial charge in [-0.2, -0.15) is 9.97 Å². The fourth-order valence-corrected chi connectivity index (χ4v) is 5.87. The number of anilines is 2. The standard InChI is InChI=1S/C20H27N7O3S/c1-12-21-19(30-25-12)13-5-8-27(9-6-13)20-23-15-7-10-31(29)17(15)18(24-20)22-14-3-4-16(28)26(2)11-14/h13-14H,3-11H2,1-2H3,(H,22,23,24)/t14-,31?/m0/s1. The Labute approximate surface area is 183 Å². The van der Waals surface area contributed by atoms with E-state index in [1.807, 2.05) is 14.0 Å². The lowest BCUT2D eigenvalue weighted by atomic mass is 9.97. The van der Waals surface area contributed by atoms with E-state index in [-0.39, 0.29) is 17.9 Å². The van der Waals surface area contributed by atoms with Crippen LogP contribution in [0.5, 0.6) is 0 Å². The van der Waals surface area contributed by atoms with Gasteiger partial charge < -0.3 is 19.6 Å². The van der Waals surface area contributed by atoms with Crippen LogP contribution in [0.3, 0.4) is 0 Å². The third-order valence-corrected chi connectivity index (χ3v) is 7.77. The van der Waals surface area contributed by atoms with E-state index in [0.717, 1.165) is 42.9 Å². The monoisotopic (exact) mass is 445 g/mol. The molecule has 2 aromatic rings. The summed E-state index contributed by atoms with van der Waals surface area (Å²) in [5.41, 5.74) is 0.876. The molecule has 5 heterocycles. The van der Waals surface area contributed by atoms with Gasteiger partial charge in [-0.3, -0.25) is 9.00 Å². The Hall–Kier alpha value is -2.56. The number of hydrogen-bond donors (Lipinski definition) is 1. The van der Waals surface area contributed by atoms with Crippen molar-refractivity contribution >= 4 is 28.5 Å². The maximum Gasteiger partial charge on any atom is 0.229 e. The first-order chi connectivity index (χ1) is 15.0. The number of nitrogens with one attached hydrogen (secondary N) is 1. The summed E-state index contributed by atoms with van der Waals surface area (Å²) in [5.74, 6) is 3.73. The van der Waals surface area contributed by atoms with Crippen LogP contribution in [-0.2, 0) is 22.0 Å². The van der Waals surface area contributed by atoms with Gasteiger partial charge in [-0.25, -0.2) is 4.98 Å². The minimum absolute atomic E-state index is 0.0960. The Bertz CT molecular complexity index is 1020. The lowest BCUT2D eigenvalue weighted by Gasteiger charge is -2.32. The second-order valence-electron chi connectivity index (χ2n) is 8.54. The van der Waals surface area contributed by atoms with Crippen LogP contribution in [0.1, 0.15) is 49.0 Å². The third-order valence-electron chi connectivity index (χ3n) is 6.31. The number of aryl methyl sites for hydroxylation is 2. The zero-order chi connectivity index (χ0) is 21.5. The molecule has 31 heavy (non-hydrogen) atoms. The van der Waals surface area contributed by atoms with Crippen LogP contribution in [0.2, 0.25) is 0 Å². The van der Waals surface area contributed by atoms with Crippen LogP contribution < -0.4 is 10.2 Å². The van der Waals surface area contributed by atoms with Gasteiger partial charge in [-0.05, 0) is 26.2 Å². The first-order valence-corrected chi connectivity index (χ1v) is 12.1. The summed E-state index contributed by atoms with van der Waals surface area (Å²) >= 11 is 0. The van der Waals surface area contributed by atoms with E-state index < -0.39 is 10.8 Å². The molecule has 1 N–H and O–H groups in total. The zero-order valence-corrected chi connectivity index (χ0v) is 18.7. The van der Waals surface area contributed by atoms with Crippen molar-refractivity contribution in [3.63, 3.8) is 0 Å². The van der Waals surface area contributed by atoms with Crippen molar-refractivity contribution in [1.82, 2.24) is 25.0 Å². The van der Waals surface area contributed by atoms with E-state index >= 15 is 0 Å². The van der Waals surface area contributed by atoms with E-state index in [4.69, 9.17) is 14.5 Å². The van der Waals surface area contributed by atoms with Gasteiger partial charge in [0, 0.05) is 57.2 Å². The normalized spacial score (nSPS) is 24.5. The number of carbonyl (C=O) groups is 1. The number of fused-ring (bicyclic) bond motifs is 1. The summed E-state index contributed by atoms with van der Waals surface area (Å²) in [6, 6.07) is 0.0960. The summed E-state index contributed by atoms with van der Waals surface area (Å²) in [5, 5.41) is 7.39. The first kappa shape index (κ1) is 20.3. The molecule has 0 bridgehead atoms. The van der Waals surface area contributed by atoms with Crippen LogP contribution in [0.15, 0.2) is 9.42 Å². The molecule has 3 aliphatic rings. The van der Waals surface area contributed by atoms with Crippen molar-refractivity contribution in [2.24, 2.45) is 0 Å². The molecule has 5 rings (SSSR count). The molecule has 166 valence electrons. The van der Waals surface area contributed by atoms with E-state index in [0.29, 0.717) is 48.6 Å². The fourth-order valence-electron chi connectivity index (χ4n) is 4.55. The molecule has 2 fully saturated rings. The molecule has 2 aromatic heterocycles. The molecule has 0 saturated carbocycles. The SMILES string of the molecule is Cc1noc(C2CCN(c3nc4c(c(N[C@H]5CCC(=O)N(C)C5)n3)S(=O)CC4)CC2)n1. The maximum atomic E-state index is 12.6. The molecule has 1 amide bonds. The van der Waals surface area contributed by atoms with Gasteiger partial charge in [0.25, 0.3) is 0 Å². The van der Waals surface area contributed by atoms with Crippen molar-refractivity contribution in [2.45, 2.75) is 55.9 Å². The lowest BCUT2D eigenvalue weighted by Crippen LogP contribution is -2.43. The summed E-state index contributed by atoms with van der Waals surface area (Å²) < 4.78 is 18.0. The van der Waals surface area contributed by atoms with E-state index in [1.54, 1.807) is 4.90 Å². The van der Waals surface area contributed by atoms with Crippen LogP contribution >= 0.6 is 0 Å². The van der Waals surface area contributed by atoms with Gasteiger partial charge >= 0.3 is 0 Å². The third kappa shape index (κ3) is 4.02. The highest BCUT2D eigenvalue weighted by Gasteiger charge is 2.32. The van der Waals surface area contributed by atoms with Gasteiger partial charge in [-0.1, -0.05) is 5.16 Å². The lowest BCUT2D eigenvalue weighted by molar-refractivity contribution is -0.132. The molecule has 0 aliphatic carbocycles. The predicted octanol–water partition coefficient (Wildman–Crippen LogP) is 1.25. The molecule has 0 radical (unpaired) electrons. The first-order valence-electron chi connectivity index (χ1n) is 10.8. The Morgan fingerprint density at radius 2 is 1.94 bits per heavy atom.